The molecule has 106 valence electrons. The SMILES string of the molecule is C[C@H](NCc1cccc(C(F)(F)F)c1)c1ccncc1. The third-order valence-electron chi connectivity index (χ3n) is 3.07. The van der Waals surface area contributed by atoms with Crippen molar-refractivity contribution in [1.29, 1.82) is 0 Å². The van der Waals surface area contributed by atoms with Crippen molar-refractivity contribution in [2.24, 2.45) is 0 Å². The molecule has 0 unspecified atom stereocenters. The number of nitrogens with zero attached hydrogens (tertiary/aromatic N) is 1. The van der Waals surface area contributed by atoms with Gasteiger partial charge in [-0.2, -0.15) is 13.2 Å². The van der Waals surface area contributed by atoms with Gasteiger partial charge in [0.05, 0.1) is 5.56 Å². The lowest BCUT2D eigenvalue weighted by Crippen LogP contribution is -2.18. The van der Waals surface area contributed by atoms with Gasteiger partial charge in [0.25, 0.3) is 0 Å². The Labute approximate surface area is 115 Å². The zero-order chi connectivity index (χ0) is 14.6. The summed E-state index contributed by atoms with van der Waals surface area (Å²) >= 11 is 0. The van der Waals surface area contributed by atoms with E-state index in [-0.39, 0.29) is 6.04 Å². The molecule has 20 heavy (non-hydrogen) atoms. The van der Waals surface area contributed by atoms with Gasteiger partial charge >= 0.3 is 6.18 Å². The molecule has 1 aromatic carbocycles. The van der Waals surface area contributed by atoms with Gasteiger partial charge in [0, 0.05) is 25.0 Å². The number of pyridine rings is 1. The molecule has 5 heteroatoms. The van der Waals surface area contributed by atoms with Crippen molar-refractivity contribution in [3.8, 4) is 0 Å². The highest BCUT2D eigenvalue weighted by Gasteiger charge is 2.30. The Bertz CT molecular complexity index is 553. The number of alkyl halides is 3. The van der Waals surface area contributed by atoms with Crippen molar-refractivity contribution >= 4 is 0 Å². The first-order valence-electron chi connectivity index (χ1n) is 6.26. The van der Waals surface area contributed by atoms with Gasteiger partial charge in [-0.1, -0.05) is 18.2 Å². The Balaban J connectivity index is 2.01. The van der Waals surface area contributed by atoms with Crippen LogP contribution in [0, 0.1) is 0 Å². The highest BCUT2D eigenvalue weighted by atomic mass is 19.4. The van der Waals surface area contributed by atoms with E-state index in [2.05, 4.69) is 10.3 Å². The molecule has 1 N–H and O–H groups in total. The molecule has 1 aromatic heterocycles. The van der Waals surface area contributed by atoms with Crippen LogP contribution < -0.4 is 5.32 Å². The number of nitrogens with one attached hydrogen (secondary N) is 1. The van der Waals surface area contributed by atoms with Crippen LogP contribution in [0.25, 0.3) is 0 Å². The third-order valence-corrected chi connectivity index (χ3v) is 3.07. The molecule has 0 bridgehead atoms. The molecule has 1 heterocycles. The number of rotatable bonds is 4. The number of aromatic nitrogens is 1. The first-order chi connectivity index (χ1) is 9.47. The van der Waals surface area contributed by atoms with E-state index in [0.29, 0.717) is 12.1 Å². The minimum atomic E-state index is -4.30. The summed E-state index contributed by atoms with van der Waals surface area (Å²) in [4.78, 5) is 3.93. The topological polar surface area (TPSA) is 24.9 Å². The summed E-state index contributed by atoms with van der Waals surface area (Å²) in [5.74, 6) is 0. The minimum Gasteiger partial charge on any atom is -0.306 e. The second kappa shape index (κ2) is 6.05. The predicted octanol–water partition coefficient (Wildman–Crippen LogP) is 3.95. The van der Waals surface area contributed by atoms with Crippen LogP contribution in [-0.4, -0.2) is 4.98 Å². The monoisotopic (exact) mass is 280 g/mol. The van der Waals surface area contributed by atoms with Gasteiger partial charge in [-0.3, -0.25) is 4.98 Å². The Morgan fingerprint density at radius 2 is 1.85 bits per heavy atom. The van der Waals surface area contributed by atoms with Gasteiger partial charge in [0.1, 0.15) is 0 Å². The molecule has 2 aromatic rings. The second-order valence-corrected chi connectivity index (χ2v) is 4.58. The van der Waals surface area contributed by atoms with Crippen molar-refractivity contribution in [1.82, 2.24) is 10.3 Å². The van der Waals surface area contributed by atoms with Gasteiger partial charge in [-0.05, 0) is 36.2 Å². The summed E-state index contributed by atoms with van der Waals surface area (Å²) in [6.07, 6.45) is -0.914. The molecule has 0 amide bonds. The van der Waals surface area contributed by atoms with Crippen LogP contribution in [0.4, 0.5) is 13.2 Å². The van der Waals surface area contributed by atoms with E-state index in [1.807, 2.05) is 19.1 Å². The molecule has 0 radical (unpaired) electrons. The van der Waals surface area contributed by atoms with Crippen molar-refractivity contribution < 1.29 is 13.2 Å². The average molecular weight is 280 g/mol. The fourth-order valence-electron chi connectivity index (χ4n) is 1.90. The van der Waals surface area contributed by atoms with Crippen LogP contribution in [0.2, 0.25) is 0 Å². The van der Waals surface area contributed by atoms with Crippen LogP contribution in [0.5, 0.6) is 0 Å². The number of hydrogen-bond donors (Lipinski definition) is 1. The molecule has 0 saturated carbocycles. The Kier molecular flexibility index (Phi) is 4.39. The number of benzene rings is 1. The van der Waals surface area contributed by atoms with E-state index >= 15 is 0 Å². The highest BCUT2D eigenvalue weighted by Crippen LogP contribution is 2.29. The standard InChI is InChI=1S/C15H15F3N2/c1-11(13-5-7-19-8-6-13)20-10-12-3-2-4-14(9-12)15(16,17)18/h2-9,11,20H,10H2,1H3/t11-/m0/s1. The smallest absolute Gasteiger partial charge is 0.306 e. The molecule has 2 rings (SSSR count). The van der Waals surface area contributed by atoms with Crippen LogP contribution in [0.1, 0.15) is 29.7 Å². The minimum absolute atomic E-state index is 0.0487. The van der Waals surface area contributed by atoms with E-state index in [4.69, 9.17) is 0 Å². The van der Waals surface area contributed by atoms with Crippen LogP contribution in [0.3, 0.4) is 0 Å². The van der Waals surface area contributed by atoms with Gasteiger partial charge in [0.15, 0.2) is 0 Å². The molecule has 0 aliphatic carbocycles. The maximum Gasteiger partial charge on any atom is 0.416 e. The van der Waals surface area contributed by atoms with Crippen LogP contribution >= 0.6 is 0 Å². The summed E-state index contributed by atoms with van der Waals surface area (Å²) < 4.78 is 37.8. The maximum absolute atomic E-state index is 12.6. The van der Waals surface area contributed by atoms with E-state index in [1.165, 1.54) is 12.1 Å². The van der Waals surface area contributed by atoms with Gasteiger partial charge in [-0.15, -0.1) is 0 Å². The first-order valence-corrected chi connectivity index (χ1v) is 6.26. The van der Waals surface area contributed by atoms with Crippen molar-refractivity contribution in [2.45, 2.75) is 25.7 Å². The summed E-state index contributed by atoms with van der Waals surface area (Å²) in [5, 5.41) is 3.20. The highest BCUT2D eigenvalue weighted by molar-refractivity contribution is 5.26. The molecular weight excluding hydrogens is 265 g/mol. The first kappa shape index (κ1) is 14.5. The molecule has 1 atom stereocenters. The lowest BCUT2D eigenvalue weighted by molar-refractivity contribution is -0.137. The number of halogens is 3. The number of hydrogen-bond acceptors (Lipinski definition) is 2. The summed E-state index contributed by atoms with van der Waals surface area (Å²) in [6.45, 7) is 2.34. The second-order valence-electron chi connectivity index (χ2n) is 4.58. The average Bonchev–Trinajstić information content (AvgIpc) is 2.45. The molecule has 0 saturated heterocycles. The predicted molar refractivity (Wildman–Crippen MR) is 70.9 cm³/mol. The molecular formula is C15H15F3N2. The summed E-state index contributed by atoms with van der Waals surface area (Å²) in [5.41, 5.74) is 1.04. The third kappa shape index (κ3) is 3.81. The molecule has 0 spiro atoms. The van der Waals surface area contributed by atoms with Crippen molar-refractivity contribution in [3.63, 3.8) is 0 Å². The summed E-state index contributed by atoms with van der Waals surface area (Å²) in [7, 11) is 0. The Morgan fingerprint density at radius 1 is 1.15 bits per heavy atom. The summed E-state index contributed by atoms with van der Waals surface area (Å²) in [6, 6.07) is 9.17. The molecule has 0 aliphatic rings. The van der Waals surface area contributed by atoms with Crippen LogP contribution in [0.15, 0.2) is 48.8 Å². The lowest BCUT2D eigenvalue weighted by atomic mass is 10.1. The van der Waals surface area contributed by atoms with Gasteiger partial charge in [0.2, 0.25) is 0 Å². The van der Waals surface area contributed by atoms with E-state index in [0.717, 1.165) is 11.6 Å². The van der Waals surface area contributed by atoms with E-state index in [1.54, 1.807) is 18.5 Å². The van der Waals surface area contributed by atoms with Crippen molar-refractivity contribution in [3.05, 3.63) is 65.5 Å². The fraction of sp³-hybridized carbons (Fsp3) is 0.267. The normalized spacial score (nSPS) is 13.2. The van der Waals surface area contributed by atoms with E-state index < -0.39 is 11.7 Å². The quantitative estimate of drug-likeness (QED) is 0.917. The van der Waals surface area contributed by atoms with Crippen molar-refractivity contribution in [2.75, 3.05) is 0 Å². The Hall–Kier alpha value is -1.88. The fourth-order valence-corrected chi connectivity index (χ4v) is 1.90. The largest absolute Gasteiger partial charge is 0.416 e. The maximum atomic E-state index is 12.6. The molecule has 2 nitrogen and oxygen atoms in total. The lowest BCUT2D eigenvalue weighted by Gasteiger charge is -2.15. The zero-order valence-corrected chi connectivity index (χ0v) is 11.0. The van der Waals surface area contributed by atoms with E-state index in [9.17, 15) is 13.2 Å². The van der Waals surface area contributed by atoms with Gasteiger partial charge < -0.3 is 5.32 Å². The Morgan fingerprint density at radius 3 is 2.50 bits per heavy atom. The zero-order valence-electron chi connectivity index (χ0n) is 11.0. The van der Waals surface area contributed by atoms with Gasteiger partial charge in [-0.25, -0.2) is 0 Å². The molecule has 0 aliphatic heterocycles. The molecule has 0 fully saturated rings. The van der Waals surface area contributed by atoms with Crippen LogP contribution in [-0.2, 0) is 12.7 Å².